The summed E-state index contributed by atoms with van der Waals surface area (Å²) in [6.45, 7) is 6.50. The number of unbranched alkanes of at least 4 members (excludes halogenated alkanes) is 3. The van der Waals surface area contributed by atoms with Gasteiger partial charge in [0.2, 0.25) is 0 Å². The Labute approximate surface area is 114 Å². The molecule has 0 saturated heterocycles. The topological polar surface area (TPSA) is 26.0 Å². The molecule has 0 fully saturated rings. The lowest BCUT2D eigenvalue weighted by Gasteiger charge is -2.15. The van der Waals surface area contributed by atoms with Crippen LogP contribution in [-0.2, 0) is 0 Å². The summed E-state index contributed by atoms with van der Waals surface area (Å²) < 4.78 is 1.21. The molecular formula is C15H24BrN. The molecule has 0 radical (unpaired) electrons. The van der Waals surface area contributed by atoms with Gasteiger partial charge in [0, 0.05) is 10.5 Å². The van der Waals surface area contributed by atoms with Crippen molar-refractivity contribution in [2.45, 2.75) is 58.9 Å². The molecule has 0 aliphatic carbocycles. The second-order valence-electron chi connectivity index (χ2n) is 4.92. The van der Waals surface area contributed by atoms with Gasteiger partial charge in [-0.2, -0.15) is 0 Å². The molecule has 1 atom stereocenters. The van der Waals surface area contributed by atoms with Gasteiger partial charge < -0.3 is 5.73 Å². The van der Waals surface area contributed by atoms with Crippen LogP contribution in [0.3, 0.4) is 0 Å². The first-order valence-electron chi connectivity index (χ1n) is 6.58. The number of halogens is 1. The Kier molecular flexibility index (Phi) is 6.21. The predicted molar refractivity (Wildman–Crippen MR) is 79.3 cm³/mol. The number of rotatable bonds is 6. The van der Waals surface area contributed by atoms with E-state index in [9.17, 15) is 0 Å². The van der Waals surface area contributed by atoms with E-state index in [1.807, 2.05) is 0 Å². The molecule has 0 amide bonds. The van der Waals surface area contributed by atoms with Crippen LogP contribution < -0.4 is 5.73 Å². The summed E-state index contributed by atoms with van der Waals surface area (Å²) in [6, 6.07) is 4.61. The molecule has 0 saturated carbocycles. The second-order valence-corrected chi connectivity index (χ2v) is 5.72. The van der Waals surface area contributed by atoms with Crippen molar-refractivity contribution in [3.63, 3.8) is 0 Å². The van der Waals surface area contributed by atoms with E-state index in [2.05, 4.69) is 48.8 Å². The first-order chi connectivity index (χ1) is 8.06. The predicted octanol–water partition coefficient (Wildman–Crippen LogP) is 5.04. The molecule has 0 aliphatic heterocycles. The van der Waals surface area contributed by atoms with Gasteiger partial charge >= 0.3 is 0 Å². The van der Waals surface area contributed by atoms with E-state index in [4.69, 9.17) is 5.73 Å². The zero-order valence-electron chi connectivity index (χ0n) is 11.2. The number of nitrogens with two attached hydrogens (primary N) is 1. The first kappa shape index (κ1) is 14.7. The Morgan fingerprint density at radius 3 is 2.24 bits per heavy atom. The Bertz CT molecular complexity index is 337. The van der Waals surface area contributed by atoms with Crippen molar-refractivity contribution < 1.29 is 0 Å². The van der Waals surface area contributed by atoms with Crippen LogP contribution in [0.5, 0.6) is 0 Å². The molecule has 0 bridgehead atoms. The third-order valence-electron chi connectivity index (χ3n) is 3.26. The summed E-state index contributed by atoms with van der Waals surface area (Å²) in [5.41, 5.74) is 10.1. The fourth-order valence-corrected chi connectivity index (χ4v) is 2.38. The lowest BCUT2D eigenvalue weighted by Crippen LogP contribution is -2.10. The monoisotopic (exact) mass is 297 g/mol. The molecule has 96 valence electrons. The summed E-state index contributed by atoms with van der Waals surface area (Å²) >= 11 is 3.59. The molecule has 1 aromatic carbocycles. The van der Waals surface area contributed by atoms with Crippen LogP contribution in [0, 0.1) is 13.8 Å². The van der Waals surface area contributed by atoms with Crippen LogP contribution in [0.4, 0.5) is 0 Å². The van der Waals surface area contributed by atoms with Gasteiger partial charge in [-0.15, -0.1) is 0 Å². The van der Waals surface area contributed by atoms with Crippen molar-refractivity contribution in [2.24, 2.45) is 5.73 Å². The number of hydrogen-bond acceptors (Lipinski definition) is 1. The molecule has 1 aromatic rings. The summed E-state index contributed by atoms with van der Waals surface area (Å²) in [6.07, 6.45) is 6.25. The standard InChI is InChI=1S/C15H24BrN/c1-4-5-6-7-8-14(17)13-9-11(2)15(16)12(3)10-13/h9-10,14H,4-8,17H2,1-3H3. The van der Waals surface area contributed by atoms with Crippen LogP contribution in [0.25, 0.3) is 0 Å². The molecule has 1 nitrogen and oxygen atoms in total. The van der Waals surface area contributed by atoms with Crippen molar-refractivity contribution in [3.05, 3.63) is 33.3 Å². The minimum atomic E-state index is 0.192. The zero-order valence-corrected chi connectivity index (χ0v) is 12.8. The third kappa shape index (κ3) is 4.44. The first-order valence-corrected chi connectivity index (χ1v) is 7.37. The average Bonchev–Trinajstić information content (AvgIpc) is 2.30. The molecule has 17 heavy (non-hydrogen) atoms. The lowest BCUT2D eigenvalue weighted by molar-refractivity contribution is 0.565. The van der Waals surface area contributed by atoms with Crippen molar-refractivity contribution >= 4 is 15.9 Å². The van der Waals surface area contributed by atoms with Gasteiger partial charge in [0.25, 0.3) is 0 Å². The molecule has 2 N–H and O–H groups in total. The summed E-state index contributed by atoms with van der Waals surface area (Å²) in [4.78, 5) is 0. The van der Waals surface area contributed by atoms with Crippen molar-refractivity contribution in [1.29, 1.82) is 0 Å². The maximum absolute atomic E-state index is 6.25. The SMILES string of the molecule is CCCCCCC(N)c1cc(C)c(Br)c(C)c1. The normalized spacial score (nSPS) is 12.8. The maximum Gasteiger partial charge on any atom is 0.0295 e. The van der Waals surface area contributed by atoms with Gasteiger partial charge in [0.05, 0.1) is 0 Å². The molecule has 0 aromatic heterocycles. The zero-order chi connectivity index (χ0) is 12.8. The van der Waals surface area contributed by atoms with Crippen LogP contribution >= 0.6 is 15.9 Å². The minimum Gasteiger partial charge on any atom is -0.324 e. The van der Waals surface area contributed by atoms with E-state index in [1.165, 1.54) is 46.8 Å². The minimum absolute atomic E-state index is 0.192. The van der Waals surface area contributed by atoms with Crippen LogP contribution in [0.1, 0.15) is 61.8 Å². The molecule has 0 heterocycles. The van der Waals surface area contributed by atoms with E-state index in [0.717, 1.165) is 6.42 Å². The summed E-state index contributed by atoms with van der Waals surface area (Å²) in [5.74, 6) is 0. The lowest BCUT2D eigenvalue weighted by atomic mass is 9.97. The molecule has 0 spiro atoms. The van der Waals surface area contributed by atoms with Gasteiger partial charge in [-0.05, 0) is 37.0 Å². The second kappa shape index (κ2) is 7.17. The Morgan fingerprint density at radius 1 is 1.12 bits per heavy atom. The Hall–Kier alpha value is -0.340. The highest BCUT2D eigenvalue weighted by atomic mass is 79.9. The van der Waals surface area contributed by atoms with Crippen LogP contribution in [-0.4, -0.2) is 0 Å². The maximum atomic E-state index is 6.25. The Morgan fingerprint density at radius 2 is 1.71 bits per heavy atom. The summed E-state index contributed by atoms with van der Waals surface area (Å²) in [5, 5.41) is 0. The molecule has 2 heteroatoms. The molecule has 0 aliphatic rings. The molecular weight excluding hydrogens is 274 g/mol. The number of aryl methyl sites for hydroxylation is 2. The van der Waals surface area contributed by atoms with Gasteiger partial charge in [0.15, 0.2) is 0 Å². The smallest absolute Gasteiger partial charge is 0.0295 e. The van der Waals surface area contributed by atoms with Gasteiger partial charge in [-0.3, -0.25) is 0 Å². The van der Waals surface area contributed by atoms with E-state index >= 15 is 0 Å². The van der Waals surface area contributed by atoms with E-state index < -0.39 is 0 Å². The van der Waals surface area contributed by atoms with Crippen molar-refractivity contribution in [2.75, 3.05) is 0 Å². The highest BCUT2D eigenvalue weighted by Crippen LogP contribution is 2.26. The fourth-order valence-electron chi connectivity index (χ4n) is 2.15. The largest absolute Gasteiger partial charge is 0.324 e. The highest BCUT2D eigenvalue weighted by molar-refractivity contribution is 9.10. The van der Waals surface area contributed by atoms with Crippen molar-refractivity contribution in [1.82, 2.24) is 0 Å². The molecule has 1 rings (SSSR count). The average molecular weight is 298 g/mol. The quantitative estimate of drug-likeness (QED) is 0.732. The fraction of sp³-hybridized carbons (Fsp3) is 0.600. The van der Waals surface area contributed by atoms with Crippen LogP contribution in [0.2, 0.25) is 0 Å². The third-order valence-corrected chi connectivity index (χ3v) is 4.51. The van der Waals surface area contributed by atoms with Crippen molar-refractivity contribution in [3.8, 4) is 0 Å². The van der Waals surface area contributed by atoms with E-state index in [0.29, 0.717) is 0 Å². The number of hydrogen-bond donors (Lipinski definition) is 1. The van der Waals surface area contributed by atoms with Gasteiger partial charge in [-0.25, -0.2) is 0 Å². The summed E-state index contributed by atoms with van der Waals surface area (Å²) in [7, 11) is 0. The number of benzene rings is 1. The van der Waals surface area contributed by atoms with E-state index in [1.54, 1.807) is 0 Å². The van der Waals surface area contributed by atoms with E-state index in [-0.39, 0.29) is 6.04 Å². The highest BCUT2D eigenvalue weighted by Gasteiger charge is 2.09. The molecule has 1 unspecified atom stereocenters. The van der Waals surface area contributed by atoms with Gasteiger partial charge in [-0.1, -0.05) is 60.7 Å². The Balaban J connectivity index is 2.60. The van der Waals surface area contributed by atoms with Crippen LogP contribution in [0.15, 0.2) is 16.6 Å². The van der Waals surface area contributed by atoms with Gasteiger partial charge in [0.1, 0.15) is 0 Å².